The molecule has 0 aromatic heterocycles. The van der Waals surface area contributed by atoms with E-state index >= 15 is 0 Å². The van der Waals surface area contributed by atoms with Gasteiger partial charge in [-0.3, -0.25) is 4.79 Å². The number of hydrogen-bond acceptors (Lipinski definition) is 2. The molecule has 0 aliphatic rings. The van der Waals surface area contributed by atoms with Crippen molar-refractivity contribution in [2.45, 2.75) is 24.8 Å². The number of benzene rings is 1. The van der Waals surface area contributed by atoms with Crippen LogP contribution in [0.15, 0.2) is 18.2 Å². The van der Waals surface area contributed by atoms with Crippen molar-refractivity contribution < 1.29 is 36.2 Å². The van der Waals surface area contributed by atoms with Gasteiger partial charge in [-0.05, 0) is 30.2 Å². The Balaban J connectivity index is 0.00000400. The maximum Gasteiger partial charge on any atom is 0.416 e. The van der Waals surface area contributed by atoms with E-state index in [0.717, 1.165) is 0 Å². The van der Waals surface area contributed by atoms with Gasteiger partial charge in [0.1, 0.15) is 6.04 Å². The van der Waals surface area contributed by atoms with Crippen LogP contribution in [0.25, 0.3) is 0 Å². The lowest BCUT2D eigenvalue weighted by atomic mass is 10.00. The van der Waals surface area contributed by atoms with Gasteiger partial charge in [-0.1, -0.05) is 0 Å². The van der Waals surface area contributed by atoms with Gasteiger partial charge in [-0.25, -0.2) is 0 Å². The van der Waals surface area contributed by atoms with E-state index in [1.807, 2.05) is 0 Å². The standard InChI is InChI=1S/C11H9F6NO2.ClH/c12-10(13,14)6-1-5(3-8(18)9(19)20)2-7(4-6)11(15,16)17;/h1-2,4,8H,3,18H2,(H,19,20);1H. The quantitative estimate of drug-likeness (QED) is 0.833. The van der Waals surface area contributed by atoms with Crippen LogP contribution in [0, 0.1) is 0 Å². The number of halogens is 7. The van der Waals surface area contributed by atoms with Crippen LogP contribution in [-0.4, -0.2) is 17.1 Å². The number of carboxylic acids is 1. The number of nitrogens with two attached hydrogens (primary N) is 1. The van der Waals surface area contributed by atoms with Crippen LogP contribution in [-0.2, 0) is 23.6 Å². The van der Waals surface area contributed by atoms with Crippen molar-refractivity contribution in [1.29, 1.82) is 0 Å². The summed E-state index contributed by atoms with van der Waals surface area (Å²) < 4.78 is 75.1. The van der Waals surface area contributed by atoms with Crippen molar-refractivity contribution >= 4 is 18.4 Å². The Kier molecular flexibility index (Phi) is 6.06. The summed E-state index contributed by atoms with van der Waals surface area (Å²) in [5.74, 6) is -1.52. The van der Waals surface area contributed by atoms with Crippen LogP contribution in [0.3, 0.4) is 0 Å². The van der Waals surface area contributed by atoms with Crippen molar-refractivity contribution in [3.63, 3.8) is 0 Å². The molecular formula is C11H10ClF6NO2. The summed E-state index contributed by atoms with van der Waals surface area (Å²) in [7, 11) is 0. The molecule has 1 aromatic carbocycles. The van der Waals surface area contributed by atoms with E-state index in [9.17, 15) is 31.1 Å². The summed E-state index contributed by atoms with van der Waals surface area (Å²) in [5.41, 5.74) is 1.66. The van der Waals surface area contributed by atoms with E-state index in [-0.39, 0.29) is 18.5 Å². The third-order valence-electron chi connectivity index (χ3n) is 2.42. The van der Waals surface area contributed by atoms with Crippen molar-refractivity contribution in [2.24, 2.45) is 5.73 Å². The van der Waals surface area contributed by atoms with Crippen molar-refractivity contribution in [1.82, 2.24) is 0 Å². The average Bonchev–Trinajstić information content (AvgIpc) is 2.26. The largest absolute Gasteiger partial charge is 0.480 e. The van der Waals surface area contributed by atoms with E-state index in [0.29, 0.717) is 12.1 Å². The Labute approximate surface area is 121 Å². The number of carboxylic acid groups (broad SMARTS) is 1. The summed E-state index contributed by atoms with van der Waals surface area (Å²) in [5, 5.41) is 8.53. The maximum absolute atomic E-state index is 12.5. The molecule has 1 aromatic rings. The summed E-state index contributed by atoms with van der Waals surface area (Å²) >= 11 is 0. The number of aliphatic carboxylic acids is 1. The molecule has 10 heteroatoms. The molecule has 0 aliphatic heterocycles. The molecule has 3 nitrogen and oxygen atoms in total. The minimum Gasteiger partial charge on any atom is -0.480 e. The highest BCUT2D eigenvalue weighted by molar-refractivity contribution is 5.85. The van der Waals surface area contributed by atoms with Crippen LogP contribution >= 0.6 is 12.4 Å². The fraction of sp³-hybridized carbons (Fsp3) is 0.364. The molecular weight excluding hydrogens is 328 g/mol. The fourth-order valence-corrected chi connectivity index (χ4v) is 1.48. The lowest BCUT2D eigenvalue weighted by Gasteiger charge is -2.15. The molecule has 120 valence electrons. The first kappa shape index (κ1) is 19.5. The van der Waals surface area contributed by atoms with E-state index in [1.54, 1.807) is 0 Å². The van der Waals surface area contributed by atoms with E-state index in [4.69, 9.17) is 10.8 Å². The van der Waals surface area contributed by atoms with Gasteiger partial charge < -0.3 is 10.8 Å². The van der Waals surface area contributed by atoms with Gasteiger partial charge in [0.25, 0.3) is 0 Å². The smallest absolute Gasteiger partial charge is 0.416 e. The monoisotopic (exact) mass is 337 g/mol. The van der Waals surface area contributed by atoms with Crippen LogP contribution in [0.5, 0.6) is 0 Å². The maximum atomic E-state index is 12.5. The van der Waals surface area contributed by atoms with Gasteiger partial charge >= 0.3 is 18.3 Å². The zero-order chi connectivity index (χ0) is 15.7. The highest BCUT2D eigenvalue weighted by Crippen LogP contribution is 2.36. The number of rotatable bonds is 3. The van der Waals surface area contributed by atoms with Crippen LogP contribution in [0.4, 0.5) is 26.3 Å². The lowest BCUT2D eigenvalue weighted by molar-refractivity contribution is -0.143. The Morgan fingerprint density at radius 2 is 1.43 bits per heavy atom. The predicted molar refractivity (Wildman–Crippen MR) is 63.0 cm³/mol. The molecule has 3 N–H and O–H groups in total. The van der Waals surface area contributed by atoms with Gasteiger partial charge in [0.15, 0.2) is 0 Å². The third-order valence-corrected chi connectivity index (χ3v) is 2.42. The van der Waals surface area contributed by atoms with Crippen LogP contribution < -0.4 is 5.73 Å². The van der Waals surface area contributed by atoms with Gasteiger partial charge in [0, 0.05) is 0 Å². The molecule has 0 heterocycles. The van der Waals surface area contributed by atoms with E-state index < -0.39 is 47.5 Å². The van der Waals surface area contributed by atoms with E-state index in [2.05, 4.69) is 0 Å². The third kappa shape index (κ3) is 5.43. The molecule has 1 unspecified atom stereocenters. The Hall–Kier alpha value is -1.48. The van der Waals surface area contributed by atoms with Crippen LogP contribution in [0.1, 0.15) is 16.7 Å². The Morgan fingerprint density at radius 1 is 1.05 bits per heavy atom. The van der Waals surface area contributed by atoms with Crippen molar-refractivity contribution in [3.05, 3.63) is 34.9 Å². The fourth-order valence-electron chi connectivity index (χ4n) is 1.48. The highest BCUT2D eigenvalue weighted by Gasteiger charge is 2.37. The molecule has 0 saturated heterocycles. The summed E-state index contributed by atoms with van der Waals surface area (Å²) in [6, 6.07) is -0.703. The molecule has 0 aliphatic carbocycles. The molecule has 0 radical (unpaired) electrons. The summed E-state index contributed by atoms with van der Waals surface area (Å²) in [6.07, 6.45) is -10.6. The Bertz CT molecular complexity index is 482. The van der Waals surface area contributed by atoms with E-state index in [1.165, 1.54) is 0 Å². The first-order valence-electron chi connectivity index (χ1n) is 5.18. The minimum atomic E-state index is -4.97. The normalized spacial score (nSPS) is 13.5. The van der Waals surface area contributed by atoms with Gasteiger partial charge in [-0.2, -0.15) is 26.3 Å². The van der Waals surface area contributed by atoms with Crippen molar-refractivity contribution in [2.75, 3.05) is 0 Å². The molecule has 1 rings (SSSR count). The molecule has 1 atom stereocenters. The lowest BCUT2D eigenvalue weighted by Crippen LogP contribution is -2.32. The minimum absolute atomic E-state index is 0. The molecule has 0 amide bonds. The SMILES string of the molecule is Cl.NC(Cc1cc(C(F)(F)F)cc(C(F)(F)F)c1)C(=O)O. The number of carbonyl (C=O) groups is 1. The second-order valence-corrected chi connectivity index (χ2v) is 4.06. The average molecular weight is 338 g/mol. The molecule has 0 bridgehead atoms. The summed E-state index contributed by atoms with van der Waals surface area (Å²) in [4.78, 5) is 10.5. The van der Waals surface area contributed by atoms with Crippen LogP contribution in [0.2, 0.25) is 0 Å². The van der Waals surface area contributed by atoms with Gasteiger partial charge in [-0.15, -0.1) is 12.4 Å². The van der Waals surface area contributed by atoms with Gasteiger partial charge in [0.05, 0.1) is 11.1 Å². The number of hydrogen-bond donors (Lipinski definition) is 2. The first-order valence-corrected chi connectivity index (χ1v) is 5.18. The predicted octanol–water partition coefficient (Wildman–Crippen LogP) is 3.10. The summed E-state index contributed by atoms with van der Waals surface area (Å²) in [6.45, 7) is 0. The van der Waals surface area contributed by atoms with Gasteiger partial charge in [0.2, 0.25) is 0 Å². The molecule has 21 heavy (non-hydrogen) atoms. The molecule has 0 saturated carbocycles. The molecule has 0 fully saturated rings. The Morgan fingerprint density at radius 3 is 1.71 bits per heavy atom. The highest BCUT2D eigenvalue weighted by atomic mass is 35.5. The first-order chi connectivity index (χ1) is 8.91. The zero-order valence-corrected chi connectivity index (χ0v) is 10.9. The molecule has 0 spiro atoms. The second kappa shape index (κ2) is 6.52. The number of alkyl halides is 6. The van der Waals surface area contributed by atoms with Crippen molar-refractivity contribution in [3.8, 4) is 0 Å². The second-order valence-electron chi connectivity index (χ2n) is 4.06. The topological polar surface area (TPSA) is 63.3 Å². The zero-order valence-electron chi connectivity index (χ0n) is 10.1.